The number of hydrogen-bond donors (Lipinski definition) is 0. The van der Waals surface area contributed by atoms with Crippen LogP contribution in [0, 0.1) is 5.92 Å². The van der Waals surface area contributed by atoms with Crippen molar-refractivity contribution in [3.05, 3.63) is 18.0 Å². The molecule has 0 saturated carbocycles. The van der Waals surface area contributed by atoms with E-state index in [1.54, 1.807) is 19.1 Å². The molecule has 2 heterocycles. The number of likely N-dealkylation sites (tertiary alicyclic amines) is 1. The Morgan fingerprint density at radius 3 is 2.81 bits per heavy atom. The van der Waals surface area contributed by atoms with Crippen molar-refractivity contribution < 1.29 is 17.9 Å². The molecule has 8 heteroatoms. The molecule has 0 radical (unpaired) electrons. The topological polar surface area (TPSA) is 68.6 Å². The van der Waals surface area contributed by atoms with E-state index < -0.39 is 9.05 Å². The van der Waals surface area contributed by atoms with E-state index in [0.29, 0.717) is 31.3 Å². The van der Waals surface area contributed by atoms with Crippen LogP contribution in [0.3, 0.4) is 0 Å². The zero-order valence-corrected chi connectivity index (χ0v) is 13.7. The third-order valence-corrected chi connectivity index (χ3v) is 5.01. The van der Waals surface area contributed by atoms with E-state index in [2.05, 4.69) is 0 Å². The molecular formula is C13H19ClN2O4S. The van der Waals surface area contributed by atoms with E-state index in [4.69, 9.17) is 15.4 Å². The highest BCUT2D eigenvalue weighted by atomic mass is 35.7. The number of piperidine rings is 1. The maximum Gasteiger partial charge on any atom is 0.270 e. The lowest BCUT2D eigenvalue weighted by Crippen LogP contribution is -2.41. The fourth-order valence-electron chi connectivity index (χ4n) is 2.66. The number of carbonyl (C=O) groups is 1. The Kier molecular flexibility index (Phi) is 4.95. The van der Waals surface area contributed by atoms with Gasteiger partial charge in [0.15, 0.2) is 0 Å². The normalized spacial score (nSPS) is 19.8. The fraction of sp³-hybridized carbons (Fsp3) is 0.615. The van der Waals surface area contributed by atoms with Crippen molar-refractivity contribution in [1.29, 1.82) is 0 Å². The van der Waals surface area contributed by atoms with Gasteiger partial charge in [0.2, 0.25) is 0 Å². The molecule has 6 nitrogen and oxygen atoms in total. The van der Waals surface area contributed by atoms with Crippen molar-refractivity contribution in [1.82, 2.24) is 9.47 Å². The Bertz CT molecular complexity index is 624. The molecule has 21 heavy (non-hydrogen) atoms. The fourth-order valence-corrected chi connectivity index (χ4v) is 3.45. The Hall–Kier alpha value is -1.05. The molecule has 1 atom stereocenters. The monoisotopic (exact) mass is 334 g/mol. The number of nitrogens with zero attached hydrogens (tertiary/aromatic N) is 2. The highest BCUT2D eigenvalue weighted by molar-refractivity contribution is 8.13. The summed E-state index contributed by atoms with van der Waals surface area (Å²) in [6.07, 6.45) is 3.31. The largest absolute Gasteiger partial charge is 0.384 e. The molecule has 1 amide bonds. The maximum absolute atomic E-state index is 12.5. The van der Waals surface area contributed by atoms with E-state index in [1.165, 1.54) is 16.8 Å². The summed E-state index contributed by atoms with van der Waals surface area (Å²) in [4.78, 5) is 14.2. The minimum Gasteiger partial charge on any atom is -0.384 e. The van der Waals surface area contributed by atoms with Crippen molar-refractivity contribution in [3.63, 3.8) is 0 Å². The summed E-state index contributed by atoms with van der Waals surface area (Å²) in [5, 5.41) is 0. The minimum atomic E-state index is -3.83. The van der Waals surface area contributed by atoms with Crippen LogP contribution in [0.2, 0.25) is 0 Å². The first-order valence-electron chi connectivity index (χ1n) is 6.72. The van der Waals surface area contributed by atoms with Crippen molar-refractivity contribution in [2.24, 2.45) is 13.0 Å². The summed E-state index contributed by atoms with van der Waals surface area (Å²) in [5.74, 6) is 0.147. The quantitative estimate of drug-likeness (QED) is 0.782. The van der Waals surface area contributed by atoms with Gasteiger partial charge in [-0.25, -0.2) is 8.42 Å². The lowest BCUT2D eigenvalue weighted by atomic mass is 9.99. The third-order valence-electron chi connectivity index (χ3n) is 3.69. The van der Waals surface area contributed by atoms with E-state index in [1.807, 2.05) is 0 Å². The second-order valence-corrected chi connectivity index (χ2v) is 7.89. The molecule has 0 aromatic carbocycles. The molecule has 1 saturated heterocycles. The van der Waals surface area contributed by atoms with Crippen LogP contribution in [-0.4, -0.2) is 50.6 Å². The van der Waals surface area contributed by atoms with E-state index >= 15 is 0 Å². The Morgan fingerprint density at radius 2 is 2.24 bits per heavy atom. The van der Waals surface area contributed by atoms with Crippen LogP contribution in [0.1, 0.15) is 23.3 Å². The lowest BCUT2D eigenvalue weighted by Gasteiger charge is -2.32. The van der Waals surface area contributed by atoms with Crippen molar-refractivity contribution in [2.75, 3.05) is 26.8 Å². The Balaban J connectivity index is 2.18. The number of aryl methyl sites for hydroxylation is 1. The molecule has 1 aliphatic rings. The number of amides is 1. The second kappa shape index (κ2) is 6.37. The summed E-state index contributed by atoms with van der Waals surface area (Å²) in [6.45, 7) is 1.92. The molecule has 1 aromatic heterocycles. The number of aromatic nitrogens is 1. The summed E-state index contributed by atoms with van der Waals surface area (Å²) >= 11 is 0. The molecule has 0 N–H and O–H groups in total. The molecule has 0 spiro atoms. The van der Waals surface area contributed by atoms with Crippen LogP contribution >= 0.6 is 10.7 Å². The molecule has 1 unspecified atom stereocenters. The van der Waals surface area contributed by atoms with Gasteiger partial charge in [0.05, 0.1) is 6.61 Å². The van der Waals surface area contributed by atoms with Crippen molar-refractivity contribution >= 4 is 25.6 Å². The van der Waals surface area contributed by atoms with Gasteiger partial charge in [-0.2, -0.15) is 0 Å². The molecule has 1 aliphatic heterocycles. The summed E-state index contributed by atoms with van der Waals surface area (Å²) in [6, 6.07) is 1.32. The number of hydrogen-bond acceptors (Lipinski definition) is 4. The molecule has 2 rings (SSSR count). The highest BCUT2D eigenvalue weighted by Gasteiger charge is 2.27. The third kappa shape index (κ3) is 3.78. The van der Waals surface area contributed by atoms with Crippen LogP contribution in [0.4, 0.5) is 0 Å². The van der Waals surface area contributed by atoms with E-state index in [-0.39, 0.29) is 10.8 Å². The number of ether oxygens (including phenoxy) is 1. The van der Waals surface area contributed by atoms with Gasteiger partial charge in [-0.1, -0.05) is 0 Å². The Labute approximate surface area is 129 Å². The molecule has 1 fully saturated rings. The summed E-state index contributed by atoms with van der Waals surface area (Å²) in [5.41, 5.74) is 0.326. The lowest BCUT2D eigenvalue weighted by molar-refractivity contribution is 0.0562. The van der Waals surface area contributed by atoms with Gasteiger partial charge in [-0.3, -0.25) is 4.79 Å². The minimum absolute atomic E-state index is 0.0551. The van der Waals surface area contributed by atoms with Gasteiger partial charge >= 0.3 is 0 Å². The number of halogens is 1. The number of carbonyl (C=O) groups excluding carboxylic acids is 1. The van der Waals surface area contributed by atoms with Crippen LogP contribution in [0.15, 0.2) is 17.2 Å². The summed E-state index contributed by atoms with van der Waals surface area (Å²) in [7, 11) is 4.77. The first-order chi connectivity index (χ1) is 9.82. The molecule has 0 aliphatic carbocycles. The smallest absolute Gasteiger partial charge is 0.270 e. The van der Waals surface area contributed by atoms with Crippen molar-refractivity contribution in [3.8, 4) is 0 Å². The van der Waals surface area contributed by atoms with Gasteiger partial charge in [-0.15, -0.1) is 0 Å². The maximum atomic E-state index is 12.5. The zero-order chi connectivity index (χ0) is 15.6. The van der Waals surface area contributed by atoms with Crippen LogP contribution in [0.5, 0.6) is 0 Å². The first kappa shape index (κ1) is 16.3. The zero-order valence-electron chi connectivity index (χ0n) is 12.1. The molecule has 0 bridgehead atoms. The molecular weight excluding hydrogens is 316 g/mol. The highest BCUT2D eigenvalue weighted by Crippen LogP contribution is 2.22. The first-order valence-corrected chi connectivity index (χ1v) is 9.03. The molecule has 118 valence electrons. The van der Waals surface area contributed by atoms with Gasteiger partial charge in [0.1, 0.15) is 10.6 Å². The average Bonchev–Trinajstić information content (AvgIpc) is 2.81. The van der Waals surface area contributed by atoms with Crippen LogP contribution in [0.25, 0.3) is 0 Å². The van der Waals surface area contributed by atoms with Crippen LogP contribution < -0.4 is 0 Å². The number of rotatable bonds is 4. The van der Waals surface area contributed by atoms with E-state index in [9.17, 15) is 13.2 Å². The predicted octanol–water partition coefficient (Wildman–Crippen LogP) is 1.45. The van der Waals surface area contributed by atoms with Gasteiger partial charge in [0.25, 0.3) is 15.0 Å². The Morgan fingerprint density at radius 1 is 1.52 bits per heavy atom. The second-order valence-electron chi connectivity index (χ2n) is 5.32. The SMILES string of the molecule is COCC1CCCN(C(=O)c2cc(S(=O)(=O)Cl)cn2C)C1. The average molecular weight is 335 g/mol. The summed E-state index contributed by atoms with van der Waals surface area (Å²) < 4.78 is 29.3. The number of methoxy groups -OCH3 is 1. The van der Waals surface area contributed by atoms with Gasteiger partial charge in [0, 0.05) is 44.1 Å². The van der Waals surface area contributed by atoms with Gasteiger partial charge in [-0.05, 0) is 24.8 Å². The van der Waals surface area contributed by atoms with Crippen molar-refractivity contribution in [2.45, 2.75) is 17.7 Å². The standard InChI is InChI=1S/C13H19ClN2O4S/c1-15-8-11(21(14,18)19)6-12(15)13(17)16-5-3-4-10(7-16)9-20-2/h6,8,10H,3-5,7,9H2,1-2H3. The molecule has 1 aromatic rings. The van der Waals surface area contributed by atoms with Gasteiger partial charge < -0.3 is 14.2 Å². The van der Waals surface area contributed by atoms with E-state index in [0.717, 1.165) is 12.8 Å². The van der Waals surface area contributed by atoms with Crippen LogP contribution in [-0.2, 0) is 20.8 Å². The predicted molar refractivity (Wildman–Crippen MR) is 79.0 cm³/mol.